The second-order valence-electron chi connectivity index (χ2n) is 16.3. The first kappa shape index (κ1) is 34.3. The van der Waals surface area contributed by atoms with Crippen molar-refractivity contribution in [3.05, 3.63) is 82.6 Å². The first-order chi connectivity index (χ1) is 25.6. The van der Waals surface area contributed by atoms with Gasteiger partial charge in [0.15, 0.2) is 0 Å². The van der Waals surface area contributed by atoms with E-state index in [1.807, 2.05) is 37.3 Å². The molecule has 11 heteroatoms. The lowest BCUT2D eigenvalue weighted by Gasteiger charge is -2.60. The van der Waals surface area contributed by atoms with Gasteiger partial charge in [0.2, 0.25) is 6.41 Å². The first-order valence-corrected chi connectivity index (χ1v) is 19.1. The van der Waals surface area contributed by atoms with Gasteiger partial charge in [-0.15, -0.1) is 0 Å². The SMILES string of the molecule is CCC1=C[C@H]2CN(CCc3c([nH]c4ccccc34)[C@@](C(=O)O)(c3cc4c(cc3O)N(C=O)[C@H]3C(C(=O)OC)[C@H](O)[C@]5(CC)C=CCN6CC[C@]43[C@H]65)C2)C1. The zero-order chi connectivity index (χ0) is 37.0. The molecule has 11 nitrogen and oxygen atoms in total. The van der Waals surface area contributed by atoms with Gasteiger partial charge in [-0.25, -0.2) is 0 Å². The summed E-state index contributed by atoms with van der Waals surface area (Å²) in [5.41, 5.74) is 1.68. The van der Waals surface area contributed by atoms with Crippen molar-refractivity contribution in [1.82, 2.24) is 14.8 Å². The third-order valence-electron chi connectivity index (χ3n) is 14.3. The van der Waals surface area contributed by atoms with E-state index < -0.39 is 46.2 Å². The van der Waals surface area contributed by atoms with Crippen LogP contribution in [-0.4, -0.2) is 106 Å². The number of rotatable bonds is 6. The van der Waals surface area contributed by atoms with Crippen LogP contribution in [0.5, 0.6) is 5.75 Å². The van der Waals surface area contributed by atoms with Crippen LogP contribution in [0.25, 0.3) is 10.9 Å². The van der Waals surface area contributed by atoms with E-state index in [4.69, 9.17) is 4.74 Å². The molecule has 1 spiro atoms. The molecule has 2 unspecified atom stereocenters. The van der Waals surface area contributed by atoms with Gasteiger partial charge in [-0.2, -0.15) is 0 Å². The van der Waals surface area contributed by atoms with Gasteiger partial charge in [0.05, 0.1) is 24.9 Å². The Morgan fingerprint density at radius 3 is 2.68 bits per heavy atom. The minimum atomic E-state index is -1.69. The summed E-state index contributed by atoms with van der Waals surface area (Å²) in [4.78, 5) is 51.4. The molecule has 53 heavy (non-hydrogen) atoms. The van der Waals surface area contributed by atoms with Gasteiger partial charge >= 0.3 is 11.9 Å². The molecule has 3 aromatic rings. The largest absolute Gasteiger partial charge is 0.508 e. The zero-order valence-electron chi connectivity index (χ0n) is 30.5. The van der Waals surface area contributed by atoms with Crippen molar-refractivity contribution in [3.63, 3.8) is 0 Å². The molecule has 1 aliphatic carbocycles. The Kier molecular flexibility index (Phi) is 7.79. The fourth-order valence-electron chi connectivity index (χ4n) is 12.2. The first-order valence-electron chi connectivity index (χ1n) is 19.1. The number of nitrogens with zero attached hydrogens (tertiary/aromatic N) is 3. The number of phenols is 1. The number of aliphatic carboxylic acids is 1. The molecule has 278 valence electrons. The normalized spacial score (nSPS) is 35.6. The Bertz CT molecular complexity index is 2110. The molecule has 1 saturated carbocycles. The zero-order valence-corrected chi connectivity index (χ0v) is 30.5. The van der Waals surface area contributed by atoms with Gasteiger partial charge < -0.3 is 29.9 Å². The molecule has 2 aromatic carbocycles. The van der Waals surface area contributed by atoms with Gasteiger partial charge in [-0.05, 0) is 67.8 Å². The number of hydrogen-bond acceptors (Lipinski definition) is 8. The minimum Gasteiger partial charge on any atom is -0.508 e. The number of aromatic nitrogens is 1. The average molecular weight is 721 g/mol. The second kappa shape index (κ2) is 12.0. The number of carboxylic acids is 1. The molecule has 5 aliphatic heterocycles. The monoisotopic (exact) mass is 720 g/mol. The summed E-state index contributed by atoms with van der Waals surface area (Å²) >= 11 is 0. The van der Waals surface area contributed by atoms with Crippen LogP contribution < -0.4 is 4.90 Å². The smallest absolute Gasteiger partial charge is 0.320 e. The number of methoxy groups -OCH3 is 1. The quantitative estimate of drug-likeness (QED) is 0.167. The molecule has 0 radical (unpaired) electrons. The average Bonchev–Trinajstić information content (AvgIpc) is 3.83. The van der Waals surface area contributed by atoms with Gasteiger partial charge in [0, 0.05) is 71.3 Å². The number of hydrogen-bond donors (Lipinski definition) is 4. The van der Waals surface area contributed by atoms with E-state index in [1.165, 1.54) is 17.6 Å². The molecular formula is C42H48N4O7. The number of benzene rings is 2. The molecule has 2 fully saturated rings. The number of aliphatic hydroxyl groups excluding tert-OH is 1. The van der Waals surface area contributed by atoms with Crippen molar-refractivity contribution in [2.24, 2.45) is 17.3 Å². The van der Waals surface area contributed by atoms with Crippen LogP contribution in [0.1, 0.15) is 61.9 Å². The Labute approximate surface area is 308 Å². The van der Waals surface area contributed by atoms with Gasteiger partial charge in [0.25, 0.3) is 0 Å². The van der Waals surface area contributed by atoms with Crippen molar-refractivity contribution < 1.29 is 34.4 Å². The van der Waals surface area contributed by atoms with E-state index in [2.05, 4.69) is 39.9 Å². The summed E-state index contributed by atoms with van der Waals surface area (Å²) in [5, 5.41) is 37.3. The van der Waals surface area contributed by atoms with Crippen molar-refractivity contribution in [3.8, 4) is 5.75 Å². The maximum atomic E-state index is 14.4. The molecule has 1 saturated heterocycles. The predicted molar refractivity (Wildman–Crippen MR) is 199 cm³/mol. The molecule has 2 bridgehead atoms. The number of carbonyl (C=O) groups is 3. The van der Waals surface area contributed by atoms with E-state index in [-0.39, 0.29) is 29.7 Å². The van der Waals surface area contributed by atoms with Crippen molar-refractivity contribution >= 4 is 34.9 Å². The number of phenolic OH excluding ortho intramolecular Hbond substituents is 1. The molecule has 9 rings (SSSR count). The highest BCUT2D eigenvalue weighted by Crippen LogP contribution is 2.67. The molecule has 6 aliphatic rings. The summed E-state index contributed by atoms with van der Waals surface area (Å²) < 4.78 is 5.36. The highest BCUT2D eigenvalue weighted by atomic mass is 16.5. The number of aromatic hydroxyl groups is 1. The Hall–Kier alpha value is -4.45. The highest BCUT2D eigenvalue weighted by molar-refractivity contribution is 5.95. The van der Waals surface area contributed by atoms with Gasteiger partial charge in [0.1, 0.15) is 17.1 Å². The fraction of sp³-hybridized carbons (Fsp3) is 0.500. The Morgan fingerprint density at radius 1 is 1.13 bits per heavy atom. The Morgan fingerprint density at radius 2 is 1.94 bits per heavy atom. The number of esters is 1. The molecule has 1 amide bonds. The van der Waals surface area contributed by atoms with E-state index >= 15 is 0 Å². The number of fused-ring (bicyclic) bond motifs is 6. The molecular weight excluding hydrogens is 672 g/mol. The highest BCUT2D eigenvalue weighted by Gasteiger charge is 2.74. The van der Waals surface area contributed by atoms with Crippen LogP contribution in [0, 0.1) is 17.3 Å². The van der Waals surface area contributed by atoms with Gasteiger partial charge in [-0.1, -0.05) is 55.8 Å². The fourth-order valence-corrected chi connectivity index (χ4v) is 12.2. The van der Waals surface area contributed by atoms with E-state index in [0.29, 0.717) is 56.7 Å². The maximum Gasteiger partial charge on any atom is 0.320 e. The summed E-state index contributed by atoms with van der Waals surface area (Å²) in [5.74, 6) is -3.07. The number of amides is 1. The summed E-state index contributed by atoms with van der Waals surface area (Å²) in [6.07, 6.45) is 8.74. The number of nitrogens with one attached hydrogen (secondary N) is 1. The van der Waals surface area contributed by atoms with Crippen LogP contribution in [-0.2, 0) is 36.4 Å². The van der Waals surface area contributed by atoms with E-state index in [1.54, 1.807) is 6.07 Å². The third-order valence-corrected chi connectivity index (χ3v) is 14.3. The lowest BCUT2D eigenvalue weighted by molar-refractivity contribution is -0.167. The Balaban J connectivity index is 1.35. The van der Waals surface area contributed by atoms with Gasteiger partial charge in [-0.3, -0.25) is 24.2 Å². The predicted octanol–water partition coefficient (Wildman–Crippen LogP) is 4.25. The summed E-state index contributed by atoms with van der Waals surface area (Å²) in [7, 11) is 1.30. The number of carbonyl (C=O) groups excluding carboxylic acids is 2. The second-order valence-corrected chi connectivity index (χ2v) is 16.3. The molecule has 4 N–H and O–H groups in total. The van der Waals surface area contributed by atoms with Crippen LogP contribution >= 0.6 is 0 Å². The minimum absolute atomic E-state index is 0.107. The number of para-hydroxylation sites is 1. The van der Waals surface area contributed by atoms with Crippen LogP contribution in [0.15, 0.2) is 60.2 Å². The summed E-state index contributed by atoms with van der Waals surface area (Å²) in [6.45, 7) is 7.80. The van der Waals surface area contributed by atoms with Crippen molar-refractivity contribution in [2.45, 2.75) is 75.0 Å². The molecule has 9 atom stereocenters. The maximum absolute atomic E-state index is 14.4. The van der Waals surface area contributed by atoms with Crippen LogP contribution in [0.2, 0.25) is 0 Å². The standard InChI is InChI=1S/C42H48N4O7/c1-4-24-17-25-20-42(39(51)52,34-27(11-15-44(21-24)22-25)26-9-6-7-10-30(26)43-34)29-18-28-31(19-32(29)48)46(23-47)35-33(37(50)53-3)36(49)40(5-2)12-8-14-45-16-13-41(28,35)38(40)45/h6-10,12,17-19,23,25,33,35-36,38,43,48-49H,4-5,11,13-16,20-22H2,1-3H3,(H,51,52)/t25-,33?,35+,36+,38-,40+,41+,42+/m1/s1. The lowest BCUT2D eigenvalue weighted by Crippen LogP contribution is -2.73. The van der Waals surface area contributed by atoms with E-state index in [0.717, 1.165) is 41.5 Å². The lowest BCUT2D eigenvalue weighted by atomic mass is 9.49. The topological polar surface area (TPSA) is 147 Å². The summed E-state index contributed by atoms with van der Waals surface area (Å²) in [6, 6.07) is 10.2. The van der Waals surface area contributed by atoms with Crippen LogP contribution in [0.3, 0.4) is 0 Å². The number of anilines is 1. The van der Waals surface area contributed by atoms with Crippen molar-refractivity contribution in [2.75, 3.05) is 44.7 Å². The number of carboxylic acid groups (broad SMARTS) is 1. The van der Waals surface area contributed by atoms with E-state index in [9.17, 15) is 29.7 Å². The van der Waals surface area contributed by atoms with Crippen molar-refractivity contribution in [1.29, 1.82) is 0 Å². The molecule has 6 heterocycles. The third kappa shape index (κ3) is 4.35. The number of H-pyrrole nitrogens is 1. The van der Waals surface area contributed by atoms with Crippen LogP contribution in [0.4, 0.5) is 5.69 Å². The molecule has 1 aromatic heterocycles. The number of ether oxygens (including phenoxy) is 1. The number of aromatic amines is 1. The number of aliphatic hydroxyl groups is 1.